The Labute approximate surface area is 189 Å². The van der Waals surface area contributed by atoms with Gasteiger partial charge in [-0.25, -0.2) is 13.2 Å². The van der Waals surface area contributed by atoms with Crippen molar-refractivity contribution in [1.82, 2.24) is 0 Å². The number of rotatable bonds is 9. The van der Waals surface area contributed by atoms with Gasteiger partial charge in [0.15, 0.2) is 0 Å². The number of unbranched alkanes of at least 4 members (excludes halogenated alkanes) is 2. The molecule has 168 valence electrons. The first kappa shape index (κ1) is 22.6. The van der Waals surface area contributed by atoms with Gasteiger partial charge in [0, 0.05) is 5.56 Å². The number of halogens is 3. The molecular weight excluding hydrogens is 405 g/mol. The lowest BCUT2D eigenvalue weighted by molar-refractivity contribution is 0.575. The van der Waals surface area contributed by atoms with Gasteiger partial charge in [-0.3, -0.25) is 0 Å². The Morgan fingerprint density at radius 3 is 1.84 bits per heavy atom. The van der Waals surface area contributed by atoms with Gasteiger partial charge >= 0.3 is 0 Å². The van der Waals surface area contributed by atoms with E-state index in [1.165, 1.54) is 23.8 Å². The standard InChI is InChI=1S/C29H31F3/c1-3-5-7-19-9-11-21(12-10-19)23-15-16-24(29(32)27(23)22-13-14-22)28-25(30)17-20(8-6-4-2)18-26(28)31/h9-12,15-18,22H,3-8,13-14H2,1-2H3. The van der Waals surface area contributed by atoms with Gasteiger partial charge in [-0.15, -0.1) is 0 Å². The van der Waals surface area contributed by atoms with Crippen molar-refractivity contribution in [2.24, 2.45) is 0 Å². The topological polar surface area (TPSA) is 0 Å². The maximum absolute atomic E-state index is 15.8. The predicted octanol–water partition coefficient (Wildman–Crippen LogP) is 9.00. The number of benzene rings is 3. The lowest BCUT2D eigenvalue weighted by atomic mass is 9.90. The van der Waals surface area contributed by atoms with E-state index in [0.717, 1.165) is 56.1 Å². The van der Waals surface area contributed by atoms with Crippen LogP contribution in [0.1, 0.15) is 75.0 Å². The molecule has 0 aliphatic heterocycles. The molecule has 1 saturated carbocycles. The largest absolute Gasteiger partial charge is 0.206 e. The van der Waals surface area contributed by atoms with E-state index in [-0.39, 0.29) is 17.0 Å². The summed E-state index contributed by atoms with van der Waals surface area (Å²) < 4.78 is 45.6. The Bertz CT molecular complexity index is 1060. The van der Waals surface area contributed by atoms with E-state index in [0.29, 0.717) is 17.5 Å². The summed E-state index contributed by atoms with van der Waals surface area (Å²) in [6.07, 6.45) is 7.57. The summed E-state index contributed by atoms with van der Waals surface area (Å²) in [4.78, 5) is 0. The van der Waals surface area contributed by atoms with Crippen LogP contribution >= 0.6 is 0 Å². The molecule has 0 spiro atoms. The minimum absolute atomic E-state index is 0.0206. The lowest BCUT2D eigenvalue weighted by Gasteiger charge is -2.16. The quantitative estimate of drug-likeness (QED) is 0.314. The van der Waals surface area contributed by atoms with E-state index in [9.17, 15) is 8.78 Å². The molecule has 0 bridgehead atoms. The molecule has 0 radical (unpaired) electrons. The summed E-state index contributed by atoms with van der Waals surface area (Å²) in [6, 6.07) is 14.3. The maximum Gasteiger partial charge on any atom is 0.135 e. The highest BCUT2D eigenvalue weighted by atomic mass is 19.1. The highest BCUT2D eigenvalue weighted by Gasteiger charge is 2.32. The molecule has 0 aromatic heterocycles. The molecule has 3 aromatic carbocycles. The summed E-state index contributed by atoms with van der Waals surface area (Å²) in [5.74, 6) is -1.76. The van der Waals surface area contributed by atoms with Crippen LogP contribution in [0.25, 0.3) is 22.3 Å². The van der Waals surface area contributed by atoms with Crippen molar-refractivity contribution in [1.29, 1.82) is 0 Å². The summed E-state index contributed by atoms with van der Waals surface area (Å²) in [5.41, 5.74) is 4.03. The van der Waals surface area contributed by atoms with Gasteiger partial charge in [-0.1, -0.05) is 63.1 Å². The molecule has 0 unspecified atom stereocenters. The van der Waals surface area contributed by atoms with Crippen molar-refractivity contribution < 1.29 is 13.2 Å². The summed E-state index contributed by atoms with van der Waals surface area (Å²) >= 11 is 0. The molecule has 0 saturated heterocycles. The molecule has 0 nitrogen and oxygen atoms in total. The molecule has 3 aromatic rings. The van der Waals surface area contributed by atoms with Crippen LogP contribution in [0.4, 0.5) is 13.2 Å². The van der Waals surface area contributed by atoms with Gasteiger partial charge in [0.1, 0.15) is 17.5 Å². The minimum atomic E-state index is -0.690. The van der Waals surface area contributed by atoms with Gasteiger partial charge in [0.25, 0.3) is 0 Å². The van der Waals surface area contributed by atoms with Gasteiger partial charge in [-0.05, 0) is 84.4 Å². The molecule has 1 aliphatic carbocycles. The fraction of sp³-hybridized carbons (Fsp3) is 0.379. The van der Waals surface area contributed by atoms with Crippen molar-refractivity contribution in [2.75, 3.05) is 0 Å². The van der Waals surface area contributed by atoms with Crippen LogP contribution in [-0.4, -0.2) is 0 Å². The third-order valence-electron chi connectivity index (χ3n) is 6.44. The second kappa shape index (κ2) is 9.94. The Kier molecular flexibility index (Phi) is 7.03. The Hall–Kier alpha value is -2.55. The van der Waals surface area contributed by atoms with Crippen LogP contribution in [0.15, 0.2) is 48.5 Å². The van der Waals surface area contributed by atoms with Gasteiger partial charge in [-0.2, -0.15) is 0 Å². The molecule has 1 aliphatic rings. The van der Waals surface area contributed by atoms with Crippen LogP contribution in [0.2, 0.25) is 0 Å². The van der Waals surface area contributed by atoms with Gasteiger partial charge in [0.05, 0.1) is 5.56 Å². The third kappa shape index (κ3) is 4.77. The van der Waals surface area contributed by atoms with Crippen molar-refractivity contribution in [3.8, 4) is 22.3 Å². The van der Waals surface area contributed by atoms with Crippen molar-refractivity contribution in [3.63, 3.8) is 0 Å². The van der Waals surface area contributed by atoms with Crippen LogP contribution in [0.5, 0.6) is 0 Å². The first-order valence-electron chi connectivity index (χ1n) is 11.9. The zero-order valence-corrected chi connectivity index (χ0v) is 19.0. The van der Waals surface area contributed by atoms with Crippen molar-refractivity contribution in [3.05, 3.63) is 82.7 Å². The van der Waals surface area contributed by atoms with Crippen molar-refractivity contribution in [2.45, 2.75) is 71.1 Å². The molecule has 4 rings (SSSR count). The Morgan fingerprint density at radius 1 is 0.719 bits per heavy atom. The molecule has 3 heteroatoms. The lowest BCUT2D eigenvalue weighted by Crippen LogP contribution is -2.01. The van der Waals surface area contributed by atoms with Gasteiger partial charge in [0.2, 0.25) is 0 Å². The van der Waals surface area contributed by atoms with E-state index < -0.39 is 17.5 Å². The van der Waals surface area contributed by atoms with E-state index in [1.54, 1.807) is 0 Å². The Balaban J connectivity index is 1.73. The highest BCUT2D eigenvalue weighted by molar-refractivity contribution is 5.76. The van der Waals surface area contributed by atoms with E-state index in [4.69, 9.17) is 0 Å². The second-order valence-electron chi connectivity index (χ2n) is 9.00. The monoisotopic (exact) mass is 436 g/mol. The zero-order chi connectivity index (χ0) is 22.7. The maximum atomic E-state index is 15.8. The SMILES string of the molecule is CCCCc1ccc(-c2ccc(-c3c(F)cc(CCCC)cc3F)c(F)c2C2CC2)cc1. The average molecular weight is 437 g/mol. The zero-order valence-electron chi connectivity index (χ0n) is 19.0. The average Bonchev–Trinajstić information content (AvgIpc) is 3.62. The van der Waals surface area contributed by atoms with Crippen LogP contribution in [0, 0.1) is 17.5 Å². The fourth-order valence-corrected chi connectivity index (χ4v) is 4.45. The number of hydrogen-bond acceptors (Lipinski definition) is 0. The van der Waals surface area contributed by atoms with E-state index in [2.05, 4.69) is 19.1 Å². The van der Waals surface area contributed by atoms with Crippen LogP contribution < -0.4 is 0 Å². The van der Waals surface area contributed by atoms with Crippen LogP contribution in [0.3, 0.4) is 0 Å². The predicted molar refractivity (Wildman–Crippen MR) is 126 cm³/mol. The second-order valence-corrected chi connectivity index (χ2v) is 9.00. The van der Waals surface area contributed by atoms with Crippen molar-refractivity contribution >= 4 is 0 Å². The summed E-state index contributed by atoms with van der Waals surface area (Å²) in [5, 5.41) is 0. The van der Waals surface area contributed by atoms with Gasteiger partial charge < -0.3 is 0 Å². The molecule has 0 atom stereocenters. The fourth-order valence-electron chi connectivity index (χ4n) is 4.45. The van der Waals surface area contributed by atoms with E-state index >= 15 is 4.39 Å². The molecular formula is C29H31F3. The highest BCUT2D eigenvalue weighted by Crippen LogP contribution is 2.48. The number of hydrogen-bond donors (Lipinski definition) is 0. The smallest absolute Gasteiger partial charge is 0.135 e. The Morgan fingerprint density at radius 2 is 1.28 bits per heavy atom. The molecule has 0 N–H and O–H groups in total. The molecule has 32 heavy (non-hydrogen) atoms. The molecule has 0 amide bonds. The first-order chi connectivity index (χ1) is 15.5. The number of aryl methyl sites for hydroxylation is 2. The first-order valence-corrected chi connectivity index (χ1v) is 11.9. The van der Waals surface area contributed by atoms with Crippen LogP contribution in [-0.2, 0) is 12.8 Å². The normalized spacial score (nSPS) is 13.5. The molecule has 0 heterocycles. The van der Waals surface area contributed by atoms with E-state index in [1.807, 2.05) is 25.1 Å². The minimum Gasteiger partial charge on any atom is -0.206 e. The summed E-state index contributed by atoms with van der Waals surface area (Å²) in [6.45, 7) is 4.21. The third-order valence-corrected chi connectivity index (χ3v) is 6.44. The molecule has 1 fully saturated rings. The summed E-state index contributed by atoms with van der Waals surface area (Å²) in [7, 11) is 0.